The fourth-order valence-electron chi connectivity index (χ4n) is 2.71. The van der Waals surface area contributed by atoms with Crippen molar-refractivity contribution in [1.29, 1.82) is 0 Å². The molecule has 1 aromatic rings. The lowest BCUT2D eigenvalue weighted by molar-refractivity contribution is -0.149. The second kappa shape index (κ2) is 10.8. The van der Waals surface area contributed by atoms with Gasteiger partial charge in [0.05, 0.1) is 24.8 Å². The van der Waals surface area contributed by atoms with Crippen LogP contribution in [0.4, 0.5) is 5.13 Å². The third-order valence-corrected chi connectivity index (χ3v) is 4.96. The molecule has 25 heavy (non-hydrogen) atoms. The van der Waals surface area contributed by atoms with Crippen molar-refractivity contribution in [3.05, 3.63) is 11.1 Å². The molecule has 1 aliphatic rings. The highest BCUT2D eigenvalue weighted by Gasteiger charge is 2.28. The highest BCUT2D eigenvalue weighted by molar-refractivity contribution is 14.0. The molecule has 7 nitrogen and oxygen atoms in total. The molecule has 0 saturated carbocycles. The summed E-state index contributed by atoms with van der Waals surface area (Å²) < 4.78 is 5.16. The summed E-state index contributed by atoms with van der Waals surface area (Å²) in [6.07, 6.45) is 1.84. The van der Waals surface area contributed by atoms with Crippen LogP contribution in [-0.4, -0.2) is 62.7 Å². The average Bonchev–Trinajstić information content (AvgIpc) is 3.05. The van der Waals surface area contributed by atoms with Crippen LogP contribution in [0.25, 0.3) is 0 Å². The Bertz CT molecular complexity index is 579. The number of piperidine rings is 1. The molecule has 0 radical (unpaired) electrons. The number of aliphatic imine (C=N–C) groups is 1. The molecular formula is C16H28IN5O2S. The summed E-state index contributed by atoms with van der Waals surface area (Å²) in [4.78, 5) is 25.0. The molecule has 0 spiro atoms. The Kier molecular flexibility index (Phi) is 9.47. The third kappa shape index (κ3) is 6.28. The van der Waals surface area contributed by atoms with Gasteiger partial charge in [-0.1, -0.05) is 0 Å². The minimum Gasteiger partial charge on any atom is -0.466 e. The third-order valence-electron chi connectivity index (χ3n) is 3.90. The second-order valence-corrected chi connectivity index (χ2v) is 6.79. The van der Waals surface area contributed by atoms with Crippen LogP contribution in [0.5, 0.6) is 0 Å². The largest absolute Gasteiger partial charge is 0.466 e. The Labute approximate surface area is 170 Å². The molecule has 2 rings (SSSR count). The summed E-state index contributed by atoms with van der Waals surface area (Å²) >= 11 is 1.62. The van der Waals surface area contributed by atoms with E-state index in [1.165, 1.54) is 0 Å². The first-order valence-electron chi connectivity index (χ1n) is 8.29. The van der Waals surface area contributed by atoms with Crippen LogP contribution in [-0.2, 0) is 16.1 Å². The molecule has 1 fully saturated rings. The van der Waals surface area contributed by atoms with Gasteiger partial charge in [-0.2, -0.15) is 0 Å². The number of rotatable bonds is 5. The van der Waals surface area contributed by atoms with E-state index in [-0.39, 0.29) is 35.9 Å². The Hall–Kier alpha value is -1.10. The van der Waals surface area contributed by atoms with E-state index in [0.717, 1.165) is 36.2 Å². The molecule has 0 aliphatic carbocycles. The summed E-state index contributed by atoms with van der Waals surface area (Å²) in [6, 6.07) is 0. The lowest BCUT2D eigenvalue weighted by Gasteiger charge is -2.33. The number of ether oxygens (including phenoxy) is 1. The molecule has 0 amide bonds. The zero-order valence-electron chi connectivity index (χ0n) is 15.3. The molecule has 1 saturated heterocycles. The summed E-state index contributed by atoms with van der Waals surface area (Å²) in [6.45, 7) is 4.45. The van der Waals surface area contributed by atoms with E-state index in [2.05, 4.69) is 20.2 Å². The number of nitrogens with one attached hydrogen (secondary N) is 1. The summed E-state index contributed by atoms with van der Waals surface area (Å²) in [5.74, 6) is 0.632. The summed E-state index contributed by atoms with van der Waals surface area (Å²) in [7, 11) is 5.74. The molecule has 2 heterocycles. The highest BCUT2D eigenvalue weighted by atomic mass is 127. The standard InChI is InChI=1S/C16H27N5O2S.HI/c1-5-23-14(22)12-7-6-8-21(10-12)15(17-2)18-9-13-11-24-16(19-13)20(3)4;/h11-12H,5-10H2,1-4H3,(H,17,18);1H. The topological polar surface area (TPSA) is 70.1 Å². The molecule has 9 heteroatoms. The first-order valence-corrected chi connectivity index (χ1v) is 9.17. The van der Waals surface area contributed by atoms with Crippen LogP contribution in [0.1, 0.15) is 25.5 Å². The van der Waals surface area contributed by atoms with Gasteiger partial charge in [-0.25, -0.2) is 4.98 Å². The number of hydrogen-bond donors (Lipinski definition) is 1. The number of thiazole rings is 1. The van der Waals surface area contributed by atoms with Crippen LogP contribution in [0.3, 0.4) is 0 Å². The monoisotopic (exact) mass is 481 g/mol. The molecule has 1 aliphatic heterocycles. The van der Waals surface area contributed by atoms with E-state index in [4.69, 9.17) is 4.74 Å². The van der Waals surface area contributed by atoms with Gasteiger partial charge in [-0.3, -0.25) is 9.79 Å². The SMILES string of the molecule is CCOC(=O)C1CCCN(C(=NC)NCc2csc(N(C)C)n2)C1.I. The van der Waals surface area contributed by atoms with Gasteiger partial charge in [0.1, 0.15) is 0 Å². The Balaban J connectivity index is 0.00000312. The van der Waals surface area contributed by atoms with E-state index in [0.29, 0.717) is 19.7 Å². The predicted octanol–water partition coefficient (Wildman–Crippen LogP) is 2.18. The molecular weight excluding hydrogens is 453 g/mol. The first kappa shape index (κ1) is 21.9. The minimum absolute atomic E-state index is 0. The number of likely N-dealkylation sites (tertiary alicyclic amines) is 1. The number of guanidine groups is 1. The van der Waals surface area contributed by atoms with Gasteiger partial charge in [0, 0.05) is 39.6 Å². The number of hydrogen-bond acceptors (Lipinski definition) is 6. The van der Waals surface area contributed by atoms with E-state index >= 15 is 0 Å². The van der Waals surface area contributed by atoms with Gasteiger partial charge in [-0.05, 0) is 19.8 Å². The molecule has 142 valence electrons. The molecule has 1 unspecified atom stereocenters. The van der Waals surface area contributed by atoms with Crippen LogP contribution < -0.4 is 10.2 Å². The van der Waals surface area contributed by atoms with E-state index in [1.807, 2.05) is 31.3 Å². The van der Waals surface area contributed by atoms with E-state index < -0.39 is 0 Å². The van der Waals surface area contributed by atoms with Crippen LogP contribution in [0, 0.1) is 5.92 Å². The highest BCUT2D eigenvalue weighted by Crippen LogP contribution is 2.19. The maximum absolute atomic E-state index is 12.0. The van der Waals surface area contributed by atoms with Gasteiger partial charge in [0.15, 0.2) is 11.1 Å². The zero-order chi connectivity index (χ0) is 17.5. The number of halogens is 1. The second-order valence-electron chi connectivity index (χ2n) is 5.95. The van der Waals surface area contributed by atoms with Crippen molar-refractivity contribution in [3.63, 3.8) is 0 Å². The first-order chi connectivity index (χ1) is 11.5. The normalized spacial score (nSPS) is 17.7. The lowest BCUT2D eigenvalue weighted by Crippen LogP contribution is -2.48. The molecule has 0 bridgehead atoms. The van der Waals surface area contributed by atoms with Crippen molar-refractivity contribution in [2.45, 2.75) is 26.3 Å². The minimum atomic E-state index is -0.104. The van der Waals surface area contributed by atoms with Crippen molar-refractivity contribution < 1.29 is 9.53 Å². The molecule has 0 aromatic carbocycles. The van der Waals surface area contributed by atoms with Crippen molar-refractivity contribution in [2.75, 3.05) is 45.7 Å². The van der Waals surface area contributed by atoms with Crippen LogP contribution >= 0.6 is 35.3 Å². The van der Waals surface area contributed by atoms with Crippen molar-refractivity contribution in [3.8, 4) is 0 Å². The van der Waals surface area contributed by atoms with Gasteiger partial charge in [0.25, 0.3) is 0 Å². The summed E-state index contributed by atoms with van der Waals surface area (Å²) in [5, 5.41) is 6.39. The number of aromatic nitrogens is 1. The maximum atomic E-state index is 12.0. The quantitative estimate of drug-likeness (QED) is 0.301. The van der Waals surface area contributed by atoms with Crippen LogP contribution in [0.2, 0.25) is 0 Å². The number of anilines is 1. The molecule has 1 atom stereocenters. The van der Waals surface area contributed by atoms with Crippen molar-refractivity contribution in [2.24, 2.45) is 10.9 Å². The average molecular weight is 481 g/mol. The van der Waals surface area contributed by atoms with Gasteiger partial charge in [0.2, 0.25) is 0 Å². The lowest BCUT2D eigenvalue weighted by atomic mass is 9.98. The van der Waals surface area contributed by atoms with Crippen molar-refractivity contribution in [1.82, 2.24) is 15.2 Å². The number of carbonyl (C=O) groups excluding carboxylic acids is 1. The number of nitrogens with zero attached hydrogens (tertiary/aromatic N) is 4. The van der Waals surface area contributed by atoms with E-state index in [1.54, 1.807) is 18.4 Å². The van der Waals surface area contributed by atoms with E-state index in [9.17, 15) is 4.79 Å². The Morgan fingerprint density at radius 2 is 2.32 bits per heavy atom. The van der Waals surface area contributed by atoms with Gasteiger partial charge in [-0.15, -0.1) is 35.3 Å². The summed E-state index contributed by atoms with van der Waals surface area (Å²) in [5.41, 5.74) is 0.990. The zero-order valence-corrected chi connectivity index (χ0v) is 18.5. The molecule has 1 N–H and O–H groups in total. The Morgan fingerprint density at radius 3 is 2.92 bits per heavy atom. The van der Waals surface area contributed by atoms with Gasteiger partial charge < -0.3 is 19.9 Å². The fourth-order valence-corrected chi connectivity index (χ4v) is 3.47. The number of esters is 1. The number of carbonyl (C=O) groups is 1. The van der Waals surface area contributed by atoms with Gasteiger partial charge >= 0.3 is 5.97 Å². The fraction of sp³-hybridized carbons (Fsp3) is 0.688. The molecule has 1 aromatic heterocycles. The Morgan fingerprint density at radius 1 is 1.56 bits per heavy atom. The maximum Gasteiger partial charge on any atom is 0.310 e. The predicted molar refractivity (Wildman–Crippen MR) is 113 cm³/mol. The van der Waals surface area contributed by atoms with Crippen LogP contribution in [0.15, 0.2) is 10.4 Å². The van der Waals surface area contributed by atoms with Crippen molar-refractivity contribution >= 4 is 52.4 Å². The smallest absolute Gasteiger partial charge is 0.310 e.